The molecule has 58 heavy (non-hydrogen) atoms. The van der Waals surface area contributed by atoms with Crippen molar-refractivity contribution in [1.29, 1.82) is 0 Å². The molecule has 5 fully saturated rings. The zero-order chi connectivity index (χ0) is 40.8. The van der Waals surface area contributed by atoms with Gasteiger partial charge in [0.25, 0.3) is 0 Å². The second-order valence-corrected chi connectivity index (χ2v) is 17.7. The number of likely N-dealkylation sites (tertiary alicyclic amines) is 1. The lowest BCUT2D eigenvalue weighted by atomic mass is 9.43. The molecule has 0 unspecified atom stereocenters. The molecule has 0 spiro atoms. The molecule has 3 aliphatic carbocycles. The number of ether oxygens (including phenoxy) is 2. The van der Waals surface area contributed by atoms with Crippen LogP contribution in [0.3, 0.4) is 0 Å². The number of hydrogen-bond donors (Lipinski definition) is 2. The van der Waals surface area contributed by atoms with Gasteiger partial charge in [0.1, 0.15) is 30.5 Å². The van der Waals surface area contributed by atoms with Gasteiger partial charge in [0.2, 0.25) is 11.8 Å². The number of nitrogens with zero attached hydrogens (tertiary/aromatic N) is 2. The van der Waals surface area contributed by atoms with Crippen LogP contribution in [0.25, 0.3) is 22.2 Å². The molecule has 5 aliphatic rings. The summed E-state index contributed by atoms with van der Waals surface area (Å²) in [5, 5.41) is 6.88. The van der Waals surface area contributed by atoms with Crippen LogP contribution in [0, 0.1) is 23.2 Å². The predicted molar refractivity (Wildman–Crippen MR) is 222 cm³/mol. The van der Waals surface area contributed by atoms with Crippen molar-refractivity contribution in [2.75, 3.05) is 6.54 Å². The van der Waals surface area contributed by atoms with Crippen LogP contribution >= 0.6 is 0 Å². The molecule has 3 saturated carbocycles. The van der Waals surface area contributed by atoms with Crippen molar-refractivity contribution >= 4 is 35.9 Å². The summed E-state index contributed by atoms with van der Waals surface area (Å²) >= 11 is 0. The highest BCUT2D eigenvalue weighted by atomic mass is 16.7. The molecule has 2 N–H and O–H groups in total. The Hall–Kier alpha value is -4.94. The Morgan fingerprint density at radius 3 is 2.34 bits per heavy atom. The number of carbonyl (C=O) groups excluding carboxylic acids is 3. The van der Waals surface area contributed by atoms with E-state index in [9.17, 15) is 14.4 Å². The molecule has 304 valence electrons. The van der Waals surface area contributed by atoms with Crippen LogP contribution in [0.15, 0.2) is 91.0 Å². The number of amides is 3. The third-order valence-corrected chi connectivity index (χ3v) is 13.4. The Kier molecular flexibility index (Phi) is 11.0. The summed E-state index contributed by atoms with van der Waals surface area (Å²) in [5.74, 6) is 0.155. The summed E-state index contributed by atoms with van der Waals surface area (Å²) in [5.41, 5.74) is 3.06. The fraction of sp³-hybridized carbons (Fsp3) is 0.478. The number of carbonyl (C=O) groups is 3. The molecule has 11 nitrogen and oxygen atoms in total. The van der Waals surface area contributed by atoms with Gasteiger partial charge in [-0.15, -0.1) is 0 Å². The molecule has 2 aliphatic heterocycles. The molecule has 3 amide bonds. The van der Waals surface area contributed by atoms with Gasteiger partial charge in [-0.05, 0) is 67.1 Å². The Morgan fingerprint density at radius 1 is 0.931 bits per heavy atom. The van der Waals surface area contributed by atoms with Crippen LogP contribution in [0.5, 0.6) is 5.75 Å². The average molecular weight is 787 g/mol. The molecule has 8 atom stereocenters. The van der Waals surface area contributed by atoms with Crippen LogP contribution in [0.2, 0.25) is 0 Å². The van der Waals surface area contributed by atoms with E-state index in [1.54, 1.807) is 4.90 Å². The predicted octanol–water partition coefficient (Wildman–Crippen LogP) is 7.36. The minimum Gasteiger partial charge on any atom is -0.488 e. The number of alkyl carbamates (subject to hydrolysis) is 1. The Bertz CT molecular complexity index is 2140. The molecule has 4 aromatic rings. The van der Waals surface area contributed by atoms with Crippen molar-refractivity contribution < 1.29 is 33.2 Å². The van der Waals surface area contributed by atoms with Gasteiger partial charge in [-0.25, -0.2) is 9.78 Å². The minimum atomic E-state index is -0.954. The van der Waals surface area contributed by atoms with Crippen molar-refractivity contribution in [3.63, 3.8) is 0 Å². The van der Waals surface area contributed by atoms with Gasteiger partial charge in [0, 0.05) is 23.4 Å². The molecule has 1 aromatic heterocycles. The van der Waals surface area contributed by atoms with Crippen LogP contribution in [0.4, 0.5) is 4.79 Å². The second kappa shape index (κ2) is 16.0. The topological polar surface area (TPSA) is 128 Å². The van der Waals surface area contributed by atoms with E-state index in [0.29, 0.717) is 24.0 Å². The number of rotatable bonds is 12. The molecule has 2 bridgehead atoms. The van der Waals surface area contributed by atoms with Crippen LogP contribution < -0.4 is 15.4 Å². The quantitative estimate of drug-likeness (QED) is 0.143. The number of hydrogen-bond acceptors (Lipinski definition) is 8. The number of para-hydroxylation sites is 1. The molecule has 2 saturated heterocycles. The van der Waals surface area contributed by atoms with Crippen LogP contribution in [0.1, 0.15) is 72.8 Å². The first kappa shape index (κ1) is 39.9. The SMILES string of the molecule is CC[C@H](NC(=O)[C@@H]1C[C@@H](Oc2cc(-c3ccccc3)nc3ccccc23)CN1C(=O)[C@@H](NC(=O)OCc1ccccc1)C(C)C)B1O[C@@H]2C[C@H]3C[C@H](C3(C)C)[C@]2(C)O1. The second-order valence-electron chi connectivity index (χ2n) is 17.7. The number of benzene rings is 3. The maximum Gasteiger partial charge on any atom is 0.481 e. The lowest BCUT2D eigenvalue weighted by molar-refractivity contribution is -0.199. The first-order valence-corrected chi connectivity index (χ1v) is 20.9. The zero-order valence-corrected chi connectivity index (χ0v) is 34.4. The first-order valence-electron chi connectivity index (χ1n) is 20.9. The lowest BCUT2D eigenvalue weighted by Gasteiger charge is -2.64. The number of pyridine rings is 1. The van der Waals surface area contributed by atoms with E-state index in [2.05, 4.69) is 31.4 Å². The van der Waals surface area contributed by atoms with Gasteiger partial charge < -0.3 is 34.3 Å². The Morgan fingerprint density at radius 2 is 1.64 bits per heavy atom. The number of aromatic nitrogens is 1. The van der Waals surface area contributed by atoms with Crippen LogP contribution in [-0.4, -0.2) is 77.3 Å². The normalized spacial score (nSPS) is 26.7. The fourth-order valence-corrected chi connectivity index (χ4v) is 9.85. The first-order chi connectivity index (χ1) is 27.8. The summed E-state index contributed by atoms with van der Waals surface area (Å²) in [6.45, 7) is 12.7. The third-order valence-electron chi connectivity index (χ3n) is 13.4. The van der Waals surface area contributed by atoms with Crippen molar-refractivity contribution in [3.8, 4) is 17.0 Å². The van der Waals surface area contributed by atoms with Gasteiger partial charge in [-0.2, -0.15) is 0 Å². The van der Waals surface area contributed by atoms with Gasteiger partial charge in [0.05, 0.1) is 35.4 Å². The number of fused-ring (bicyclic) bond motifs is 1. The van der Waals surface area contributed by atoms with E-state index in [-0.39, 0.29) is 48.8 Å². The van der Waals surface area contributed by atoms with Crippen molar-refractivity contribution in [2.45, 2.75) is 110 Å². The summed E-state index contributed by atoms with van der Waals surface area (Å²) in [6, 6.07) is 27.1. The van der Waals surface area contributed by atoms with E-state index >= 15 is 0 Å². The van der Waals surface area contributed by atoms with Crippen LogP contribution in [-0.2, 0) is 30.2 Å². The summed E-state index contributed by atoms with van der Waals surface area (Å²) < 4.78 is 25.7. The smallest absolute Gasteiger partial charge is 0.481 e. The third kappa shape index (κ3) is 7.57. The highest BCUT2D eigenvalue weighted by Gasteiger charge is 2.68. The maximum absolute atomic E-state index is 14.6. The molecule has 12 heteroatoms. The van der Waals surface area contributed by atoms with Gasteiger partial charge >= 0.3 is 13.2 Å². The van der Waals surface area contributed by atoms with E-state index < -0.39 is 42.9 Å². The van der Waals surface area contributed by atoms with Gasteiger partial charge in [-0.3, -0.25) is 9.59 Å². The van der Waals surface area contributed by atoms with Crippen molar-refractivity contribution in [3.05, 3.63) is 96.6 Å². The summed E-state index contributed by atoms with van der Waals surface area (Å²) in [4.78, 5) is 48.8. The average Bonchev–Trinajstić information content (AvgIpc) is 3.82. The molecule has 9 rings (SSSR count). The van der Waals surface area contributed by atoms with Gasteiger partial charge in [0.15, 0.2) is 0 Å². The molecular weight excluding hydrogens is 731 g/mol. The minimum absolute atomic E-state index is 0.0296. The highest BCUT2D eigenvalue weighted by molar-refractivity contribution is 6.47. The van der Waals surface area contributed by atoms with E-state index in [4.69, 9.17) is 23.8 Å². The molecule has 3 aromatic carbocycles. The zero-order valence-electron chi connectivity index (χ0n) is 34.4. The summed E-state index contributed by atoms with van der Waals surface area (Å²) in [6.07, 6.45) is 1.60. The van der Waals surface area contributed by atoms with Crippen molar-refractivity contribution in [1.82, 2.24) is 20.5 Å². The van der Waals surface area contributed by atoms with Crippen molar-refractivity contribution in [2.24, 2.45) is 23.2 Å². The Labute approximate surface area is 341 Å². The molecule has 0 radical (unpaired) electrons. The molecule has 3 heterocycles. The maximum atomic E-state index is 14.6. The monoisotopic (exact) mass is 786 g/mol. The fourth-order valence-electron chi connectivity index (χ4n) is 9.85. The van der Waals surface area contributed by atoms with E-state index in [1.807, 2.05) is 112 Å². The number of nitrogens with one attached hydrogen (secondary N) is 2. The van der Waals surface area contributed by atoms with E-state index in [1.165, 1.54) is 0 Å². The van der Waals surface area contributed by atoms with Gasteiger partial charge in [-0.1, -0.05) is 107 Å². The summed E-state index contributed by atoms with van der Waals surface area (Å²) in [7, 11) is -0.610. The lowest BCUT2D eigenvalue weighted by Crippen LogP contribution is -2.65. The highest BCUT2D eigenvalue weighted by Crippen LogP contribution is 2.65. The van der Waals surface area contributed by atoms with E-state index in [0.717, 1.165) is 40.6 Å². The largest absolute Gasteiger partial charge is 0.488 e. The Balaban J connectivity index is 1.04. The standard InChI is InChI=1S/C46H55BN4O7/c1-7-40(47-57-39-23-31-22-38(45(31,4)5)46(39,6)58-47)49-42(52)36-24-32(56-37-25-35(30-18-12-9-13-19-30)48-34-21-15-14-20-33(34)37)26-51(36)43(53)41(28(2)3)50-44(54)55-27-29-16-10-8-11-17-29/h8-21,25,28,31-32,36,38-41H,7,22-24,26-27H2,1-6H3,(H,49,52)(H,50,54)/t31-,32-,36+,38-,39-,40+,41+,46+/m1/s1. The molecular formula is C46H55BN4O7.